The summed E-state index contributed by atoms with van der Waals surface area (Å²) in [7, 11) is 0. The van der Waals surface area contributed by atoms with Gasteiger partial charge in [0.2, 0.25) is 0 Å². The summed E-state index contributed by atoms with van der Waals surface area (Å²) in [5.41, 5.74) is -0.813. The molecule has 98 valence electrons. The molecular formula is C15H10N2O2S. The fraction of sp³-hybridized carbons (Fsp3) is 0.200. The molecule has 1 aromatic heterocycles. The predicted molar refractivity (Wildman–Crippen MR) is 72.4 cm³/mol. The lowest BCUT2D eigenvalue weighted by Crippen LogP contribution is -2.30. The van der Waals surface area contributed by atoms with Crippen LogP contribution < -0.4 is 0 Å². The zero-order valence-electron chi connectivity index (χ0n) is 10.4. The van der Waals surface area contributed by atoms with Crippen LogP contribution in [0, 0.1) is 22.7 Å². The summed E-state index contributed by atoms with van der Waals surface area (Å²) in [5, 5.41) is 20.6. The first-order chi connectivity index (χ1) is 9.79. The number of rotatable bonds is 2. The van der Waals surface area contributed by atoms with E-state index >= 15 is 0 Å². The molecule has 1 aromatic carbocycles. The molecular weight excluding hydrogens is 272 g/mol. The largest absolute Gasteiger partial charge is 0.334 e. The lowest BCUT2D eigenvalue weighted by molar-refractivity contribution is -0.0715. The lowest BCUT2D eigenvalue weighted by Gasteiger charge is -2.15. The third-order valence-electron chi connectivity index (χ3n) is 3.13. The van der Waals surface area contributed by atoms with E-state index in [-0.39, 0.29) is 0 Å². The van der Waals surface area contributed by atoms with Gasteiger partial charge in [-0.05, 0) is 11.4 Å². The van der Waals surface area contributed by atoms with Crippen molar-refractivity contribution in [3.63, 3.8) is 0 Å². The molecule has 0 saturated carbocycles. The van der Waals surface area contributed by atoms with Gasteiger partial charge >= 0.3 is 0 Å². The summed E-state index contributed by atoms with van der Waals surface area (Å²) in [4.78, 5) is 0.812. The van der Waals surface area contributed by atoms with E-state index in [4.69, 9.17) is 9.47 Å². The van der Waals surface area contributed by atoms with Crippen LogP contribution in [0.5, 0.6) is 0 Å². The van der Waals surface area contributed by atoms with Crippen molar-refractivity contribution in [1.29, 1.82) is 10.5 Å². The highest BCUT2D eigenvalue weighted by molar-refractivity contribution is 7.10. The van der Waals surface area contributed by atoms with Crippen molar-refractivity contribution in [2.45, 2.75) is 18.0 Å². The average molecular weight is 282 g/mol. The van der Waals surface area contributed by atoms with Crippen molar-refractivity contribution < 1.29 is 9.47 Å². The minimum atomic E-state index is -1.61. The molecule has 0 unspecified atom stereocenters. The molecule has 1 fully saturated rings. The normalized spacial score (nSPS) is 23.9. The molecule has 0 spiro atoms. The number of nitriles is 2. The predicted octanol–water partition coefficient (Wildman–Crippen LogP) is 3.32. The Kier molecular flexibility index (Phi) is 3.25. The molecule has 1 aliphatic heterocycles. The van der Waals surface area contributed by atoms with Crippen molar-refractivity contribution in [2.24, 2.45) is 0 Å². The Morgan fingerprint density at radius 2 is 1.80 bits per heavy atom. The van der Waals surface area contributed by atoms with E-state index in [0.717, 1.165) is 10.4 Å². The topological polar surface area (TPSA) is 66.0 Å². The summed E-state index contributed by atoms with van der Waals surface area (Å²) in [5.74, 6) is 0. The zero-order chi connectivity index (χ0) is 14.0. The van der Waals surface area contributed by atoms with Crippen LogP contribution in [0.15, 0.2) is 47.8 Å². The van der Waals surface area contributed by atoms with Crippen molar-refractivity contribution in [1.82, 2.24) is 0 Å². The van der Waals surface area contributed by atoms with Crippen molar-refractivity contribution >= 4 is 11.3 Å². The first-order valence-corrected chi connectivity index (χ1v) is 6.91. The molecule has 0 radical (unpaired) electrons. The summed E-state index contributed by atoms with van der Waals surface area (Å²) < 4.78 is 11.5. The Labute approximate surface area is 120 Å². The standard InChI is InChI=1S/C15H10N2O2S/c16-9-15(10-17)13(12-7-4-8-20-12)18-14(19-15)11-5-2-1-3-6-11/h1-8,13-14H/t13-,14+/m0/s1. The number of hydrogen-bond donors (Lipinski definition) is 0. The average Bonchev–Trinajstić information content (AvgIpc) is 3.15. The maximum absolute atomic E-state index is 9.38. The van der Waals surface area contributed by atoms with Crippen molar-refractivity contribution in [3.05, 3.63) is 58.3 Å². The second kappa shape index (κ2) is 5.07. The van der Waals surface area contributed by atoms with Gasteiger partial charge in [-0.25, -0.2) is 0 Å². The van der Waals surface area contributed by atoms with Crippen molar-refractivity contribution in [3.8, 4) is 12.1 Å². The number of nitrogens with zero attached hydrogens (tertiary/aromatic N) is 2. The highest BCUT2D eigenvalue weighted by atomic mass is 32.1. The van der Waals surface area contributed by atoms with Gasteiger partial charge in [0.15, 0.2) is 12.4 Å². The number of hydrogen-bond acceptors (Lipinski definition) is 5. The van der Waals surface area contributed by atoms with Gasteiger partial charge in [-0.3, -0.25) is 0 Å². The SMILES string of the molecule is N#CC1(C#N)O[C@H](c2ccccc2)O[C@H]1c1cccs1. The quantitative estimate of drug-likeness (QED) is 0.847. The number of benzene rings is 1. The van der Waals surface area contributed by atoms with Gasteiger partial charge in [0.05, 0.1) is 0 Å². The third-order valence-corrected chi connectivity index (χ3v) is 4.04. The van der Waals surface area contributed by atoms with Crippen LogP contribution in [0.1, 0.15) is 22.8 Å². The number of ether oxygens (including phenoxy) is 2. The molecule has 5 heteroatoms. The highest BCUT2D eigenvalue weighted by Gasteiger charge is 2.53. The lowest BCUT2D eigenvalue weighted by atomic mass is 9.99. The van der Waals surface area contributed by atoms with Crippen LogP contribution in [0.2, 0.25) is 0 Å². The molecule has 1 saturated heterocycles. The van der Waals surface area contributed by atoms with E-state index in [1.807, 2.05) is 60.0 Å². The molecule has 3 rings (SSSR count). The van der Waals surface area contributed by atoms with Crippen LogP contribution in [-0.4, -0.2) is 5.60 Å². The molecule has 0 N–H and O–H groups in total. The van der Waals surface area contributed by atoms with Gasteiger partial charge in [0.25, 0.3) is 5.60 Å². The van der Waals surface area contributed by atoms with Gasteiger partial charge in [-0.15, -0.1) is 11.3 Å². The van der Waals surface area contributed by atoms with Crippen LogP contribution in [0.4, 0.5) is 0 Å². The molecule has 4 nitrogen and oxygen atoms in total. The van der Waals surface area contributed by atoms with Gasteiger partial charge < -0.3 is 9.47 Å². The molecule has 0 aliphatic carbocycles. The Bertz CT molecular complexity index is 656. The third kappa shape index (κ3) is 1.99. The molecule has 0 bridgehead atoms. The fourth-order valence-corrected chi connectivity index (χ4v) is 2.95. The maximum Gasteiger partial charge on any atom is 0.275 e. The molecule has 1 aliphatic rings. The van der Waals surface area contributed by atoms with Gasteiger partial charge in [-0.2, -0.15) is 10.5 Å². The second-order valence-corrected chi connectivity index (χ2v) is 5.33. The van der Waals surface area contributed by atoms with Crippen LogP contribution in [0.25, 0.3) is 0 Å². The van der Waals surface area contributed by atoms with E-state index in [2.05, 4.69) is 0 Å². The molecule has 2 atom stereocenters. The minimum Gasteiger partial charge on any atom is -0.334 e. The summed E-state index contributed by atoms with van der Waals surface area (Å²) in [6, 6.07) is 16.9. The van der Waals surface area contributed by atoms with Crippen LogP contribution in [-0.2, 0) is 9.47 Å². The van der Waals surface area contributed by atoms with Gasteiger partial charge in [0, 0.05) is 10.4 Å². The van der Waals surface area contributed by atoms with E-state index in [0.29, 0.717) is 0 Å². The Morgan fingerprint density at radius 3 is 2.40 bits per heavy atom. The Hall–Kier alpha value is -2.18. The van der Waals surface area contributed by atoms with Gasteiger partial charge in [-0.1, -0.05) is 36.4 Å². The van der Waals surface area contributed by atoms with Crippen molar-refractivity contribution in [2.75, 3.05) is 0 Å². The van der Waals surface area contributed by atoms with E-state index in [9.17, 15) is 10.5 Å². The summed E-state index contributed by atoms with van der Waals surface area (Å²) in [6.45, 7) is 0. The monoisotopic (exact) mass is 282 g/mol. The maximum atomic E-state index is 9.38. The first-order valence-electron chi connectivity index (χ1n) is 6.03. The van der Waals surface area contributed by atoms with E-state index < -0.39 is 18.0 Å². The zero-order valence-corrected chi connectivity index (χ0v) is 11.2. The summed E-state index contributed by atoms with van der Waals surface area (Å²) >= 11 is 1.44. The molecule has 0 amide bonds. The Balaban J connectivity index is 1.99. The minimum absolute atomic E-state index is 0.692. The second-order valence-electron chi connectivity index (χ2n) is 4.35. The number of thiophene rings is 1. The summed E-state index contributed by atoms with van der Waals surface area (Å²) in [6.07, 6.45) is -1.40. The highest BCUT2D eigenvalue weighted by Crippen LogP contribution is 2.47. The van der Waals surface area contributed by atoms with Gasteiger partial charge in [0.1, 0.15) is 12.1 Å². The van der Waals surface area contributed by atoms with Crippen LogP contribution in [0.3, 0.4) is 0 Å². The van der Waals surface area contributed by atoms with E-state index in [1.54, 1.807) is 0 Å². The van der Waals surface area contributed by atoms with Crippen LogP contribution >= 0.6 is 11.3 Å². The fourth-order valence-electron chi connectivity index (χ4n) is 2.14. The van der Waals surface area contributed by atoms with E-state index in [1.165, 1.54) is 11.3 Å². The Morgan fingerprint density at radius 1 is 1.05 bits per heavy atom. The molecule has 2 heterocycles. The first kappa shape index (κ1) is 12.8. The molecule has 20 heavy (non-hydrogen) atoms. The molecule has 2 aromatic rings. The smallest absolute Gasteiger partial charge is 0.275 e.